The molecule has 0 unspecified atom stereocenters. The van der Waals surface area contributed by atoms with Gasteiger partial charge in [0.25, 0.3) is 0 Å². The summed E-state index contributed by atoms with van der Waals surface area (Å²) in [6.07, 6.45) is 0.726. The van der Waals surface area contributed by atoms with Gasteiger partial charge in [0.05, 0.1) is 24.2 Å². The molecule has 1 N–H and O–H groups in total. The van der Waals surface area contributed by atoms with E-state index in [4.69, 9.17) is 19.3 Å². The zero-order chi connectivity index (χ0) is 19.9. The van der Waals surface area contributed by atoms with Crippen molar-refractivity contribution in [1.82, 2.24) is 0 Å². The molecule has 2 rings (SSSR count). The fraction of sp³-hybridized carbons (Fsp3) is 0.429. The topological polar surface area (TPSA) is 82.1 Å². The first kappa shape index (κ1) is 20.7. The SMILES string of the molecule is CCC(C)(C)C(=O)OCCOCCOc1ccc2cc(C(=O)O)ccc2c1. The van der Waals surface area contributed by atoms with Crippen molar-refractivity contribution in [2.45, 2.75) is 27.2 Å². The van der Waals surface area contributed by atoms with Crippen LogP contribution in [0.3, 0.4) is 0 Å². The lowest BCUT2D eigenvalue weighted by atomic mass is 9.91. The molecule has 0 amide bonds. The van der Waals surface area contributed by atoms with Crippen LogP contribution in [0.4, 0.5) is 0 Å². The smallest absolute Gasteiger partial charge is 0.335 e. The van der Waals surface area contributed by atoms with Crippen LogP contribution in [-0.2, 0) is 14.3 Å². The third-order valence-electron chi connectivity index (χ3n) is 4.45. The van der Waals surface area contributed by atoms with Crippen LogP contribution >= 0.6 is 0 Å². The molecule has 2 aromatic rings. The minimum absolute atomic E-state index is 0.216. The Bertz CT molecular complexity index is 796. The van der Waals surface area contributed by atoms with Crippen molar-refractivity contribution in [3.05, 3.63) is 42.0 Å². The van der Waals surface area contributed by atoms with Gasteiger partial charge in [0.15, 0.2) is 0 Å². The molecule has 0 saturated carbocycles. The Labute approximate surface area is 159 Å². The highest BCUT2D eigenvalue weighted by molar-refractivity contribution is 5.94. The number of hydrogen-bond acceptors (Lipinski definition) is 5. The molecule has 27 heavy (non-hydrogen) atoms. The van der Waals surface area contributed by atoms with Gasteiger partial charge in [0.2, 0.25) is 0 Å². The van der Waals surface area contributed by atoms with E-state index < -0.39 is 11.4 Å². The summed E-state index contributed by atoms with van der Waals surface area (Å²) in [5, 5.41) is 10.8. The third kappa shape index (κ3) is 5.96. The van der Waals surface area contributed by atoms with E-state index in [1.54, 1.807) is 24.3 Å². The Hall–Kier alpha value is -2.60. The molecule has 0 radical (unpaired) electrons. The number of esters is 1. The molecule has 6 nitrogen and oxygen atoms in total. The Kier molecular flexibility index (Phi) is 7.19. The summed E-state index contributed by atoms with van der Waals surface area (Å²) in [7, 11) is 0. The van der Waals surface area contributed by atoms with Gasteiger partial charge in [-0.3, -0.25) is 4.79 Å². The van der Waals surface area contributed by atoms with Crippen LogP contribution < -0.4 is 4.74 Å². The summed E-state index contributed by atoms with van der Waals surface area (Å²) >= 11 is 0. The summed E-state index contributed by atoms with van der Waals surface area (Å²) < 4.78 is 16.2. The standard InChI is InChI=1S/C21H26O6/c1-4-21(2,3)20(24)27-12-10-25-9-11-26-18-8-7-15-13-17(19(22)23)6-5-16(15)14-18/h5-8,13-14H,4,9-12H2,1-3H3,(H,22,23). The van der Waals surface area contributed by atoms with Crippen LogP contribution in [-0.4, -0.2) is 43.5 Å². The molecule has 0 heterocycles. The van der Waals surface area contributed by atoms with Crippen molar-refractivity contribution >= 4 is 22.7 Å². The number of ether oxygens (including phenoxy) is 3. The number of rotatable bonds is 10. The van der Waals surface area contributed by atoms with Gasteiger partial charge in [0, 0.05) is 0 Å². The molecule has 0 fully saturated rings. The van der Waals surface area contributed by atoms with Gasteiger partial charge < -0.3 is 19.3 Å². The normalized spacial score (nSPS) is 11.4. The Morgan fingerprint density at radius 3 is 2.33 bits per heavy atom. The molecule has 0 bridgehead atoms. The van der Waals surface area contributed by atoms with E-state index in [1.807, 2.05) is 32.9 Å². The Morgan fingerprint density at radius 1 is 0.963 bits per heavy atom. The second-order valence-electron chi connectivity index (χ2n) is 6.86. The number of carboxylic acids is 1. The van der Waals surface area contributed by atoms with Gasteiger partial charge in [-0.1, -0.05) is 19.1 Å². The average molecular weight is 374 g/mol. The number of carbonyl (C=O) groups excluding carboxylic acids is 1. The summed E-state index contributed by atoms with van der Waals surface area (Å²) in [5.41, 5.74) is -0.211. The Balaban J connectivity index is 1.71. The van der Waals surface area contributed by atoms with Crippen molar-refractivity contribution < 1.29 is 28.9 Å². The maximum atomic E-state index is 11.8. The van der Waals surface area contributed by atoms with Gasteiger partial charge in [-0.25, -0.2) is 4.79 Å². The van der Waals surface area contributed by atoms with Crippen LogP contribution in [0, 0.1) is 5.41 Å². The highest BCUT2D eigenvalue weighted by Gasteiger charge is 2.26. The maximum Gasteiger partial charge on any atom is 0.335 e. The van der Waals surface area contributed by atoms with Crippen molar-refractivity contribution in [3.8, 4) is 5.75 Å². The second-order valence-corrected chi connectivity index (χ2v) is 6.86. The van der Waals surface area contributed by atoms with Crippen molar-refractivity contribution in [2.75, 3.05) is 26.4 Å². The Morgan fingerprint density at radius 2 is 1.63 bits per heavy atom. The van der Waals surface area contributed by atoms with Gasteiger partial charge >= 0.3 is 11.9 Å². The molecule has 146 valence electrons. The molecule has 2 aromatic carbocycles. The van der Waals surface area contributed by atoms with E-state index in [9.17, 15) is 9.59 Å². The van der Waals surface area contributed by atoms with E-state index in [-0.39, 0.29) is 18.1 Å². The number of aromatic carboxylic acids is 1. The van der Waals surface area contributed by atoms with Gasteiger partial charge in [-0.2, -0.15) is 0 Å². The quantitative estimate of drug-likeness (QED) is 0.501. The summed E-state index contributed by atoms with van der Waals surface area (Å²) in [4.78, 5) is 22.8. The van der Waals surface area contributed by atoms with Crippen molar-refractivity contribution in [3.63, 3.8) is 0 Å². The molecule has 0 aliphatic heterocycles. The minimum Gasteiger partial charge on any atom is -0.491 e. The molecule has 0 atom stereocenters. The van der Waals surface area contributed by atoms with Crippen LogP contribution in [0.1, 0.15) is 37.6 Å². The number of hydrogen-bond donors (Lipinski definition) is 1. The van der Waals surface area contributed by atoms with Gasteiger partial charge in [0.1, 0.15) is 19.0 Å². The largest absolute Gasteiger partial charge is 0.491 e. The third-order valence-corrected chi connectivity index (χ3v) is 4.45. The summed E-state index contributed by atoms with van der Waals surface area (Å²) in [5.74, 6) is -0.476. The lowest BCUT2D eigenvalue weighted by Crippen LogP contribution is -2.27. The van der Waals surface area contributed by atoms with E-state index in [1.165, 1.54) is 0 Å². The molecule has 0 spiro atoms. The summed E-state index contributed by atoms with van der Waals surface area (Å²) in [6, 6.07) is 10.4. The first-order chi connectivity index (χ1) is 12.8. The lowest BCUT2D eigenvalue weighted by Gasteiger charge is -2.20. The number of carbonyl (C=O) groups is 2. The minimum atomic E-state index is -0.946. The highest BCUT2D eigenvalue weighted by Crippen LogP contribution is 2.22. The maximum absolute atomic E-state index is 11.8. The summed E-state index contributed by atoms with van der Waals surface area (Å²) in [6.45, 7) is 6.96. The predicted octanol–water partition coefficient (Wildman–Crippen LogP) is 3.91. The van der Waals surface area contributed by atoms with E-state index >= 15 is 0 Å². The van der Waals surface area contributed by atoms with Crippen LogP contribution in [0.15, 0.2) is 36.4 Å². The van der Waals surface area contributed by atoms with E-state index in [2.05, 4.69) is 0 Å². The van der Waals surface area contributed by atoms with Gasteiger partial charge in [-0.15, -0.1) is 0 Å². The predicted molar refractivity (Wildman–Crippen MR) is 102 cm³/mol. The fourth-order valence-electron chi connectivity index (χ4n) is 2.30. The zero-order valence-electron chi connectivity index (χ0n) is 16.0. The van der Waals surface area contributed by atoms with Crippen LogP contribution in [0.5, 0.6) is 5.75 Å². The van der Waals surface area contributed by atoms with Crippen molar-refractivity contribution in [2.24, 2.45) is 5.41 Å². The number of fused-ring (bicyclic) bond motifs is 1. The molecule has 0 saturated heterocycles. The van der Waals surface area contributed by atoms with Crippen molar-refractivity contribution in [1.29, 1.82) is 0 Å². The first-order valence-corrected chi connectivity index (χ1v) is 8.98. The molecular formula is C21H26O6. The zero-order valence-corrected chi connectivity index (χ0v) is 16.0. The second kappa shape index (κ2) is 9.37. The van der Waals surface area contributed by atoms with Crippen LogP contribution in [0.2, 0.25) is 0 Å². The monoisotopic (exact) mass is 374 g/mol. The number of benzene rings is 2. The molecular weight excluding hydrogens is 348 g/mol. The molecule has 0 aliphatic carbocycles. The fourth-order valence-corrected chi connectivity index (χ4v) is 2.30. The number of carboxylic acid groups (broad SMARTS) is 1. The lowest BCUT2D eigenvalue weighted by molar-refractivity contribution is -0.155. The first-order valence-electron chi connectivity index (χ1n) is 8.98. The van der Waals surface area contributed by atoms with E-state index in [0.717, 1.165) is 17.2 Å². The molecule has 6 heteroatoms. The van der Waals surface area contributed by atoms with Gasteiger partial charge in [-0.05, 0) is 55.3 Å². The van der Waals surface area contributed by atoms with E-state index in [0.29, 0.717) is 25.6 Å². The molecule has 0 aromatic heterocycles. The highest BCUT2D eigenvalue weighted by atomic mass is 16.6. The van der Waals surface area contributed by atoms with Crippen LogP contribution in [0.25, 0.3) is 10.8 Å². The molecule has 0 aliphatic rings. The average Bonchev–Trinajstić information content (AvgIpc) is 2.66.